The van der Waals surface area contributed by atoms with Crippen molar-refractivity contribution in [2.75, 3.05) is 0 Å². The topological polar surface area (TPSA) is 23.5 Å². The molecule has 0 aromatic carbocycles. The van der Waals surface area contributed by atoms with E-state index in [1.54, 1.807) is 0 Å². The van der Waals surface area contributed by atoms with Crippen LogP contribution in [0.2, 0.25) is 0 Å². The zero-order chi connectivity index (χ0) is 4.28. The summed E-state index contributed by atoms with van der Waals surface area (Å²) in [5.74, 6) is 0. The maximum absolute atomic E-state index is 7.90. The van der Waals surface area contributed by atoms with E-state index in [4.69, 9.17) is 5.02 Å². The minimum atomic E-state index is 0.926. The van der Waals surface area contributed by atoms with Gasteiger partial charge in [-0.15, -0.1) is 0 Å². The highest BCUT2D eigenvalue weighted by Crippen LogP contribution is 1.98. The van der Waals surface area contributed by atoms with Gasteiger partial charge in [0.05, 0.1) is 0 Å². The summed E-state index contributed by atoms with van der Waals surface area (Å²) in [5.41, 5.74) is 0. The molecular formula is H5BNOP2. The fourth-order valence-electron chi connectivity index (χ4n) is 0. The fourth-order valence-corrected chi connectivity index (χ4v) is 0. The molecule has 0 amide bonds. The second-order valence-electron chi connectivity index (χ2n) is 0.563. The highest BCUT2D eigenvalue weighted by Gasteiger charge is 1.81. The molecule has 0 aliphatic rings. The number of rotatable bonds is 1. The Hall–Kier alpha value is 0.845. The molecule has 0 saturated carbocycles. The third-order valence-electron chi connectivity index (χ3n) is 0.133. The molecule has 2 unspecified atom stereocenters. The van der Waals surface area contributed by atoms with Crippen LogP contribution in [0.25, 0.3) is 0 Å². The van der Waals surface area contributed by atoms with Crippen LogP contribution >= 0.6 is 18.8 Å². The first-order chi connectivity index (χ1) is 2.27. The van der Waals surface area contributed by atoms with E-state index in [1.807, 2.05) is 0 Å². The molecule has 0 aliphatic carbocycles. The van der Waals surface area contributed by atoms with Gasteiger partial charge in [-0.2, -0.15) is 0 Å². The lowest BCUT2D eigenvalue weighted by Crippen LogP contribution is -1.99. The average molecular weight is 108 g/mol. The molecule has 0 spiro atoms. The lowest BCUT2D eigenvalue weighted by Gasteiger charge is -1.95. The Morgan fingerprint density at radius 3 is 1.80 bits per heavy atom. The van der Waals surface area contributed by atoms with Crippen molar-refractivity contribution in [1.82, 2.24) is 4.35 Å². The summed E-state index contributed by atoms with van der Waals surface area (Å²) < 4.78 is 1.39. The van der Waals surface area contributed by atoms with Crippen molar-refractivity contribution in [3.8, 4) is 0 Å². The van der Waals surface area contributed by atoms with Gasteiger partial charge in [0.15, 0.2) is 0 Å². The summed E-state index contributed by atoms with van der Waals surface area (Å²) in [4.78, 5) is 0. The van der Waals surface area contributed by atoms with Crippen molar-refractivity contribution in [3.63, 3.8) is 0 Å². The Labute approximate surface area is 36.7 Å². The zero-order valence-corrected chi connectivity index (χ0v) is 4.94. The van der Waals surface area contributed by atoms with Gasteiger partial charge in [-0.05, 0) is 0 Å². The molecule has 2 nitrogen and oxygen atoms in total. The summed E-state index contributed by atoms with van der Waals surface area (Å²) in [5, 5.41) is 7.90. The molecule has 0 aromatic rings. The highest BCUT2D eigenvalue weighted by atomic mass is 31.1. The van der Waals surface area contributed by atoms with Gasteiger partial charge in [0.25, 0.3) is 0 Å². The molecule has 0 aliphatic heterocycles. The second kappa shape index (κ2) is 3.05. The number of nitrogens with zero attached hydrogens (tertiary/aromatic N) is 1. The summed E-state index contributed by atoms with van der Waals surface area (Å²) >= 11 is 0. The van der Waals surface area contributed by atoms with E-state index in [-0.39, 0.29) is 0 Å². The molecule has 0 saturated heterocycles. The van der Waals surface area contributed by atoms with Gasteiger partial charge in [-0.3, -0.25) is 4.35 Å². The summed E-state index contributed by atoms with van der Waals surface area (Å²) in [6.45, 7) is 0. The molecule has 1 N–H and O–H groups in total. The Morgan fingerprint density at radius 2 is 1.80 bits per heavy atom. The van der Waals surface area contributed by atoms with Crippen LogP contribution in [0.3, 0.4) is 0 Å². The van der Waals surface area contributed by atoms with Crippen LogP contribution in [0.1, 0.15) is 0 Å². The molecule has 5 heavy (non-hydrogen) atoms. The maximum atomic E-state index is 7.90. The zero-order valence-electron chi connectivity index (χ0n) is 2.63. The van der Waals surface area contributed by atoms with Crippen molar-refractivity contribution < 1.29 is 5.02 Å². The van der Waals surface area contributed by atoms with E-state index in [1.165, 1.54) is 4.35 Å². The normalized spacial score (nSPS) is 8.80. The molecule has 29 valence electrons. The predicted octanol–water partition coefficient (Wildman–Crippen LogP) is -0.605. The fraction of sp³-hybridized carbons (Fsp3) is 0. The summed E-state index contributed by atoms with van der Waals surface area (Å²) in [6.07, 6.45) is 0. The molecule has 0 heterocycles. The van der Waals surface area contributed by atoms with Gasteiger partial charge < -0.3 is 5.02 Å². The van der Waals surface area contributed by atoms with Crippen LogP contribution in [0.15, 0.2) is 0 Å². The summed E-state index contributed by atoms with van der Waals surface area (Å²) in [7, 11) is 5.38. The van der Waals surface area contributed by atoms with Crippen molar-refractivity contribution >= 4 is 26.4 Å². The van der Waals surface area contributed by atoms with Crippen molar-refractivity contribution in [2.45, 2.75) is 0 Å². The van der Waals surface area contributed by atoms with Gasteiger partial charge in [0, 0.05) is 0 Å². The van der Waals surface area contributed by atoms with Gasteiger partial charge in [-0.1, -0.05) is 18.8 Å². The molecule has 5 heteroatoms. The third kappa shape index (κ3) is 4.84. The third-order valence-corrected chi connectivity index (χ3v) is 0.400. The molecule has 0 bridgehead atoms. The van der Waals surface area contributed by atoms with E-state index < -0.39 is 0 Å². The van der Waals surface area contributed by atoms with E-state index in [2.05, 4.69) is 18.8 Å². The molecule has 0 aromatic heterocycles. The van der Waals surface area contributed by atoms with Crippen LogP contribution in [0.5, 0.6) is 0 Å². The van der Waals surface area contributed by atoms with E-state index in [0.29, 0.717) is 0 Å². The lowest BCUT2D eigenvalue weighted by atomic mass is 10.4. The van der Waals surface area contributed by atoms with Crippen LogP contribution < -0.4 is 0 Å². The second-order valence-corrected chi connectivity index (χ2v) is 2.35. The monoisotopic (exact) mass is 108 g/mol. The standard InChI is InChI=1S/BH5NOP2/c3-1-2(4)5/h3H,4-5H2. The first kappa shape index (κ1) is 5.84. The molecule has 1 radical (unpaired) electrons. The molecular weight excluding hydrogens is 103 g/mol. The maximum Gasteiger partial charge on any atom is 0.403 e. The average Bonchev–Trinajstić information content (AvgIpc) is 1.38. The predicted molar refractivity (Wildman–Crippen MR) is 29.2 cm³/mol. The van der Waals surface area contributed by atoms with E-state index in [9.17, 15) is 0 Å². The van der Waals surface area contributed by atoms with Crippen LogP contribution in [0, 0.1) is 0 Å². The first-order valence-electron chi connectivity index (χ1n) is 1.03. The smallest absolute Gasteiger partial charge is 0.403 e. The minimum absolute atomic E-state index is 0.926. The van der Waals surface area contributed by atoms with Gasteiger partial charge in [0.1, 0.15) is 0 Å². The molecule has 0 fully saturated rings. The Bertz CT molecular complexity index is 23.6. The highest BCUT2D eigenvalue weighted by molar-refractivity contribution is 7.34. The first-order valence-corrected chi connectivity index (χ1v) is 2.07. The number of hydrogen-bond donors (Lipinski definition) is 1. The molecule has 2 atom stereocenters. The lowest BCUT2D eigenvalue weighted by molar-refractivity contribution is 0.581. The van der Waals surface area contributed by atoms with Crippen molar-refractivity contribution in [1.29, 1.82) is 0 Å². The van der Waals surface area contributed by atoms with Crippen LogP contribution in [-0.2, 0) is 0 Å². The van der Waals surface area contributed by atoms with Crippen molar-refractivity contribution in [3.05, 3.63) is 0 Å². The Morgan fingerprint density at radius 1 is 1.60 bits per heavy atom. The number of hydrogen-bond acceptors (Lipinski definition) is 2. The van der Waals surface area contributed by atoms with Crippen molar-refractivity contribution in [2.24, 2.45) is 0 Å². The SMILES string of the molecule is O[B]N(P)P. The van der Waals surface area contributed by atoms with Gasteiger partial charge in [-0.25, -0.2) is 0 Å². The quantitative estimate of drug-likeness (QED) is 0.357. The minimum Gasteiger partial charge on any atom is -0.440 e. The van der Waals surface area contributed by atoms with E-state index >= 15 is 0 Å². The van der Waals surface area contributed by atoms with Gasteiger partial charge >= 0.3 is 7.62 Å². The Balaban J connectivity index is 2.54. The Kier molecular flexibility index (Phi) is 3.57. The van der Waals surface area contributed by atoms with Gasteiger partial charge in [0.2, 0.25) is 0 Å². The van der Waals surface area contributed by atoms with Crippen LogP contribution in [-0.4, -0.2) is 17.0 Å². The summed E-state index contributed by atoms with van der Waals surface area (Å²) in [6, 6.07) is 0. The van der Waals surface area contributed by atoms with E-state index in [0.717, 1.165) is 7.62 Å². The molecule has 0 rings (SSSR count). The largest absolute Gasteiger partial charge is 0.440 e. The van der Waals surface area contributed by atoms with Crippen LogP contribution in [0.4, 0.5) is 0 Å².